The van der Waals surface area contributed by atoms with Gasteiger partial charge in [-0.2, -0.15) is 0 Å². The van der Waals surface area contributed by atoms with Crippen LogP contribution in [-0.2, 0) is 6.42 Å². The number of fused-ring (bicyclic) bond motifs is 3. The molecule has 0 amide bonds. The molecular formula is C26H39N3O2. The molecule has 4 rings (SSSR count). The molecule has 1 aromatic heterocycles. The number of benzene rings is 1. The van der Waals surface area contributed by atoms with Crippen molar-refractivity contribution in [3.05, 3.63) is 23.3 Å². The van der Waals surface area contributed by atoms with Gasteiger partial charge in [-0.15, -0.1) is 0 Å². The number of ether oxygens (including phenoxy) is 2. The Morgan fingerprint density at radius 1 is 1.19 bits per heavy atom. The molecule has 1 aromatic carbocycles. The summed E-state index contributed by atoms with van der Waals surface area (Å²) in [7, 11) is 1.72. The largest absolute Gasteiger partial charge is 0.493 e. The number of methoxy groups -OCH3 is 1. The summed E-state index contributed by atoms with van der Waals surface area (Å²) >= 11 is 0. The highest BCUT2D eigenvalue weighted by Gasteiger charge is 2.41. The van der Waals surface area contributed by atoms with Gasteiger partial charge in [0.25, 0.3) is 0 Å². The first-order valence-corrected chi connectivity index (χ1v) is 12.0. The second-order valence-corrected chi connectivity index (χ2v) is 10.5. The monoisotopic (exact) mass is 425 g/mol. The molecule has 1 saturated heterocycles. The number of nitrogens with zero attached hydrogens (tertiary/aromatic N) is 2. The number of hydrogen-bond donors (Lipinski definition) is 1. The van der Waals surface area contributed by atoms with E-state index in [9.17, 15) is 0 Å². The van der Waals surface area contributed by atoms with E-state index in [-0.39, 0.29) is 5.41 Å². The van der Waals surface area contributed by atoms with E-state index in [1.54, 1.807) is 7.11 Å². The first-order chi connectivity index (χ1) is 14.8. The zero-order valence-corrected chi connectivity index (χ0v) is 20.0. The Balaban J connectivity index is 1.64. The number of rotatable bonds is 8. The topological polar surface area (TPSA) is 60.6 Å². The molecule has 2 aromatic rings. The number of likely N-dealkylation sites (tertiary alicyclic amines) is 1. The van der Waals surface area contributed by atoms with Crippen LogP contribution < -0.4 is 15.2 Å². The summed E-state index contributed by atoms with van der Waals surface area (Å²) in [5, 5.41) is 1.17. The van der Waals surface area contributed by atoms with Crippen LogP contribution in [0, 0.1) is 11.3 Å². The van der Waals surface area contributed by atoms with Gasteiger partial charge in [0.15, 0.2) is 11.5 Å². The standard InChI is InChI=1S/C26H39N3O2/c1-17(2)13-20-24-18-14-22(30-5)23(31-12-8-11-29-9-6-7-10-29)15-21(18)28-25(27)19(24)16-26(20,3)4/h14-15,17,20H,6-13,16H2,1-5H3,(H2,27,28). The lowest BCUT2D eigenvalue weighted by Gasteiger charge is -2.29. The number of hydrogen-bond acceptors (Lipinski definition) is 5. The van der Waals surface area contributed by atoms with E-state index in [0.29, 0.717) is 24.3 Å². The SMILES string of the molecule is COc1cc2c3c(c(N)nc2cc1OCCCN1CCCC1)CC(C)(C)C3CC(C)C. The maximum Gasteiger partial charge on any atom is 0.163 e. The molecule has 1 fully saturated rings. The minimum Gasteiger partial charge on any atom is -0.493 e. The Hall–Kier alpha value is -2.01. The summed E-state index contributed by atoms with van der Waals surface area (Å²) in [5.41, 5.74) is 10.2. The minimum atomic E-state index is 0.175. The molecule has 0 saturated carbocycles. The highest BCUT2D eigenvalue weighted by atomic mass is 16.5. The Kier molecular flexibility index (Phi) is 6.34. The van der Waals surface area contributed by atoms with Crippen LogP contribution in [0.3, 0.4) is 0 Å². The van der Waals surface area contributed by atoms with E-state index >= 15 is 0 Å². The van der Waals surface area contributed by atoms with E-state index in [0.717, 1.165) is 42.8 Å². The van der Waals surface area contributed by atoms with Crippen LogP contribution in [0.5, 0.6) is 11.5 Å². The Morgan fingerprint density at radius 2 is 1.94 bits per heavy atom. The summed E-state index contributed by atoms with van der Waals surface area (Å²) in [5.74, 6) is 3.32. The van der Waals surface area contributed by atoms with Crippen molar-refractivity contribution in [2.24, 2.45) is 11.3 Å². The Morgan fingerprint density at radius 3 is 2.61 bits per heavy atom. The first-order valence-electron chi connectivity index (χ1n) is 12.0. The first kappa shape index (κ1) is 22.2. The van der Waals surface area contributed by atoms with Crippen LogP contribution >= 0.6 is 0 Å². The van der Waals surface area contributed by atoms with Gasteiger partial charge in [0, 0.05) is 18.0 Å². The van der Waals surface area contributed by atoms with Crippen molar-refractivity contribution in [3.8, 4) is 11.5 Å². The van der Waals surface area contributed by atoms with Gasteiger partial charge in [-0.3, -0.25) is 0 Å². The summed E-state index contributed by atoms with van der Waals surface area (Å²) in [4.78, 5) is 7.30. The van der Waals surface area contributed by atoms with E-state index in [2.05, 4.69) is 38.7 Å². The van der Waals surface area contributed by atoms with Gasteiger partial charge in [0.05, 0.1) is 19.2 Å². The fraction of sp³-hybridized carbons (Fsp3) is 0.654. The average molecular weight is 426 g/mol. The van der Waals surface area contributed by atoms with Crippen LogP contribution in [0.1, 0.15) is 70.4 Å². The number of aromatic nitrogens is 1. The molecule has 1 unspecified atom stereocenters. The van der Waals surface area contributed by atoms with E-state index in [1.807, 2.05) is 6.07 Å². The predicted molar refractivity (Wildman–Crippen MR) is 128 cm³/mol. The number of pyridine rings is 1. The quantitative estimate of drug-likeness (QED) is 0.574. The Labute approximate surface area is 187 Å². The van der Waals surface area contributed by atoms with E-state index in [4.69, 9.17) is 20.2 Å². The van der Waals surface area contributed by atoms with Gasteiger partial charge in [-0.25, -0.2) is 4.98 Å². The van der Waals surface area contributed by atoms with Crippen LogP contribution in [0.4, 0.5) is 5.82 Å². The molecule has 1 aliphatic heterocycles. The van der Waals surface area contributed by atoms with E-state index < -0.39 is 0 Å². The van der Waals surface area contributed by atoms with Crippen molar-refractivity contribution in [1.82, 2.24) is 9.88 Å². The van der Waals surface area contributed by atoms with Gasteiger partial charge in [0.2, 0.25) is 0 Å². The van der Waals surface area contributed by atoms with Gasteiger partial charge < -0.3 is 20.1 Å². The molecule has 1 atom stereocenters. The molecule has 31 heavy (non-hydrogen) atoms. The van der Waals surface area contributed by atoms with Crippen molar-refractivity contribution >= 4 is 16.7 Å². The van der Waals surface area contributed by atoms with Crippen LogP contribution in [-0.4, -0.2) is 43.2 Å². The number of nitrogen functional groups attached to an aromatic ring is 1. The van der Waals surface area contributed by atoms with Crippen LogP contribution in [0.15, 0.2) is 12.1 Å². The number of nitrogens with two attached hydrogens (primary N) is 1. The van der Waals surface area contributed by atoms with Crippen molar-refractivity contribution in [2.45, 2.75) is 65.7 Å². The molecule has 5 nitrogen and oxygen atoms in total. The molecule has 2 aliphatic rings. The van der Waals surface area contributed by atoms with Crippen molar-refractivity contribution in [1.29, 1.82) is 0 Å². The second-order valence-electron chi connectivity index (χ2n) is 10.5. The molecule has 0 spiro atoms. The van der Waals surface area contributed by atoms with Crippen LogP contribution in [0.25, 0.3) is 10.9 Å². The van der Waals surface area contributed by atoms with Gasteiger partial charge in [0.1, 0.15) is 5.82 Å². The summed E-state index contributed by atoms with van der Waals surface area (Å²) in [6, 6.07) is 4.16. The van der Waals surface area contributed by atoms with E-state index in [1.165, 1.54) is 42.4 Å². The van der Waals surface area contributed by atoms with Crippen molar-refractivity contribution < 1.29 is 9.47 Å². The third-order valence-electron chi connectivity index (χ3n) is 7.15. The highest BCUT2D eigenvalue weighted by molar-refractivity contribution is 5.90. The second kappa shape index (κ2) is 8.85. The summed E-state index contributed by atoms with van der Waals surface area (Å²) in [6.07, 6.45) is 5.80. The fourth-order valence-corrected chi connectivity index (χ4v) is 5.57. The maximum atomic E-state index is 6.48. The minimum absolute atomic E-state index is 0.175. The van der Waals surface area contributed by atoms with Crippen molar-refractivity contribution in [2.75, 3.05) is 39.1 Å². The third-order valence-corrected chi connectivity index (χ3v) is 7.15. The maximum absolute atomic E-state index is 6.48. The summed E-state index contributed by atoms with van der Waals surface area (Å²) < 4.78 is 11.9. The highest BCUT2D eigenvalue weighted by Crippen LogP contribution is 2.54. The fourth-order valence-electron chi connectivity index (χ4n) is 5.57. The molecule has 1 aliphatic carbocycles. The Bertz CT molecular complexity index is 932. The molecular weight excluding hydrogens is 386 g/mol. The molecule has 170 valence electrons. The predicted octanol–water partition coefficient (Wildman–Crippen LogP) is 5.40. The smallest absolute Gasteiger partial charge is 0.163 e. The third kappa shape index (κ3) is 4.48. The zero-order valence-electron chi connectivity index (χ0n) is 20.0. The number of anilines is 1. The molecule has 2 heterocycles. The normalized spacial score (nSPS) is 20.5. The lowest BCUT2D eigenvalue weighted by molar-refractivity contribution is 0.254. The molecule has 5 heteroatoms. The van der Waals surface area contributed by atoms with Gasteiger partial charge in [-0.1, -0.05) is 27.7 Å². The van der Waals surface area contributed by atoms with Crippen LogP contribution in [0.2, 0.25) is 0 Å². The van der Waals surface area contributed by atoms with Gasteiger partial charge in [-0.05, 0) is 79.6 Å². The van der Waals surface area contributed by atoms with Gasteiger partial charge >= 0.3 is 0 Å². The molecule has 0 radical (unpaired) electrons. The zero-order chi connectivity index (χ0) is 22.2. The lowest BCUT2D eigenvalue weighted by Crippen LogP contribution is -2.21. The van der Waals surface area contributed by atoms with Crippen molar-refractivity contribution in [3.63, 3.8) is 0 Å². The average Bonchev–Trinajstić information content (AvgIpc) is 3.31. The summed E-state index contributed by atoms with van der Waals surface area (Å²) in [6.45, 7) is 13.6. The molecule has 0 bridgehead atoms. The lowest BCUT2D eigenvalue weighted by atomic mass is 9.75. The molecule has 2 N–H and O–H groups in total.